The summed E-state index contributed by atoms with van der Waals surface area (Å²) in [6, 6.07) is 7.87. The molecule has 6 heteroatoms. The van der Waals surface area contributed by atoms with E-state index < -0.39 is 0 Å². The molecule has 0 spiro atoms. The number of rotatable bonds is 4. The van der Waals surface area contributed by atoms with Crippen molar-refractivity contribution in [3.8, 4) is 0 Å². The lowest BCUT2D eigenvalue weighted by atomic mass is 9.95. The number of benzene rings is 1. The van der Waals surface area contributed by atoms with E-state index in [9.17, 15) is 0 Å². The third-order valence-corrected chi connectivity index (χ3v) is 4.73. The van der Waals surface area contributed by atoms with Gasteiger partial charge in [-0.2, -0.15) is 4.98 Å². The fourth-order valence-electron chi connectivity index (χ4n) is 2.86. The molecule has 0 bridgehead atoms. The predicted molar refractivity (Wildman–Crippen MR) is 97.0 cm³/mol. The summed E-state index contributed by atoms with van der Waals surface area (Å²) in [5.74, 6) is 1.42. The molecule has 0 aliphatic heterocycles. The molecule has 1 aliphatic carbocycles. The van der Waals surface area contributed by atoms with Crippen molar-refractivity contribution in [1.82, 2.24) is 9.97 Å². The SMILES string of the molecule is Cc1cc(NC2CCCCC2)nc(Nc2ccc(Cl)c(Cl)c2)n1. The highest BCUT2D eigenvalue weighted by atomic mass is 35.5. The maximum Gasteiger partial charge on any atom is 0.229 e. The third-order valence-electron chi connectivity index (χ3n) is 3.99. The minimum Gasteiger partial charge on any atom is -0.367 e. The molecule has 3 rings (SSSR count). The molecule has 0 saturated heterocycles. The summed E-state index contributed by atoms with van der Waals surface area (Å²) < 4.78 is 0. The summed E-state index contributed by atoms with van der Waals surface area (Å²) in [5, 5.41) is 7.75. The first-order valence-electron chi connectivity index (χ1n) is 7.94. The van der Waals surface area contributed by atoms with Gasteiger partial charge >= 0.3 is 0 Å². The van der Waals surface area contributed by atoms with Gasteiger partial charge in [0.2, 0.25) is 5.95 Å². The Labute approximate surface area is 146 Å². The van der Waals surface area contributed by atoms with E-state index in [-0.39, 0.29) is 0 Å². The molecule has 122 valence electrons. The Morgan fingerprint density at radius 3 is 2.52 bits per heavy atom. The van der Waals surface area contributed by atoms with Crippen LogP contribution in [0.4, 0.5) is 17.5 Å². The molecule has 1 saturated carbocycles. The summed E-state index contributed by atoms with van der Waals surface area (Å²) in [6.07, 6.45) is 6.33. The average molecular weight is 351 g/mol. The molecule has 1 aromatic carbocycles. The number of hydrogen-bond acceptors (Lipinski definition) is 4. The van der Waals surface area contributed by atoms with Crippen molar-refractivity contribution in [2.75, 3.05) is 10.6 Å². The van der Waals surface area contributed by atoms with E-state index in [2.05, 4.69) is 20.6 Å². The van der Waals surface area contributed by atoms with E-state index in [1.807, 2.05) is 19.1 Å². The standard InChI is InChI=1S/C17H20Cl2N4/c1-11-9-16(21-12-5-3-2-4-6-12)23-17(20-11)22-13-7-8-14(18)15(19)10-13/h7-10,12H,2-6H2,1H3,(H2,20,21,22,23). The summed E-state index contributed by atoms with van der Waals surface area (Å²) in [7, 11) is 0. The van der Waals surface area contributed by atoms with Crippen molar-refractivity contribution >= 4 is 40.7 Å². The number of nitrogens with zero attached hydrogens (tertiary/aromatic N) is 2. The van der Waals surface area contributed by atoms with Gasteiger partial charge in [0, 0.05) is 23.5 Å². The van der Waals surface area contributed by atoms with Crippen LogP contribution in [0.25, 0.3) is 0 Å². The van der Waals surface area contributed by atoms with Crippen LogP contribution in [0.3, 0.4) is 0 Å². The predicted octanol–water partition coefficient (Wildman–Crippen LogP) is 5.58. The molecule has 2 N–H and O–H groups in total. The van der Waals surface area contributed by atoms with Crippen molar-refractivity contribution in [3.05, 3.63) is 40.0 Å². The molecule has 0 amide bonds. The van der Waals surface area contributed by atoms with Crippen molar-refractivity contribution < 1.29 is 0 Å². The van der Waals surface area contributed by atoms with Gasteiger partial charge in [-0.05, 0) is 38.0 Å². The van der Waals surface area contributed by atoms with E-state index >= 15 is 0 Å². The average Bonchev–Trinajstić information content (AvgIpc) is 2.51. The molecule has 1 aliphatic rings. The number of anilines is 3. The molecule has 1 fully saturated rings. The number of aromatic nitrogens is 2. The molecule has 1 heterocycles. The van der Waals surface area contributed by atoms with E-state index in [0.29, 0.717) is 22.0 Å². The zero-order chi connectivity index (χ0) is 16.2. The molecule has 0 atom stereocenters. The second kappa shape index (κ2) is 7.37. The van der Waals surface area contributed by atoms with Crippen LogP contribution in [-0.4, -0.2) is 16.0 Å². The van der Waals surface area contributed by atoms with E-state index in [1.54, 1.807) is 12.1 Å². The topological polar surface area (TPSA) is 49.8 Å². The Morgan fingerprint density at radius 2 is 1.78 bits per heavy atom. The molecule has 23 heavy (non-hydrogen) atoms. The van der Waals surface area contributed by atoms with Crippen LogP contribution in [-0.2, 0) is 0 Å². The lowest BCUT2D eigenvalue weighted by Gasteiger charge is -2.23. The van der Waals surface area contributed by atoms with Crippen LogP contribution in [0, 0.1) is 6.92 Å². The molecule has 1 aromatic heterocycles. The Hall–Kier alpha value is -1.52. The first kappa shape index (κ1) is 16.3. The second-order valence-corrected chi connectivity index (χ2v) is 6.77. The van der Waals surface area contributed by atoms with Crippen LogP contribution in [0.1, 0.15) is 37.8 Å². The summed E-state index contributed by atoms with van der Waals surface area (Å²) >= 11 is 12.0. The van der Waals surface area contributed by atoms with Gasteiger partial charge in [-0.25, -0.2) is 4.98 Å². The molecule has 4 nitrogen and oxygen atoms in total. The normalized spacial score (nSPS) is 15.4. The highest BCUT2D eigenvalue weighted by molar-refractivity contribution is 6.42. The summed E-state index contributed by atoms with van der Waals surface area (Å²) in [5.41, 5.74) is 1.73. The fourth-order valence-corrected chi connectivity index (χ4v) is 3.16. The number of halogens is 2. The zero-order valence-corrected chi connectivity index (χ0v) is 14.6. The second-order valence-electron chi connectivity index (χ2n) is 5.95. The van der Waals surface area contributed by atoms with E-state index in [1.165, 1.54) is 32.1 Å². The van der Waals surface area contributed by atoms with Gasteiger partial charge in [0.25, 0.3) is 0 Å². The molecular weight excluding hydrogens is 331 g/mol. The van der Waals surface area contributed by atoms with Crippen molar-refractivity contribution in [3.63, 3.8) is 0 Å². The fraction of sp³-hybridized carbons (Fsp3) is 0.412. The van der Waals surface area contributed by atoms with Crippen molar-refractivity contribution in [2.45, 2.75) is 45.1 Å². The van der Waals surface area contributed by atoms with Gasteiger partial charge in [0.1, 0.15) is 5.82 Å². The monoisotopic (exact) mass is 350 g/mol. The molecule has 0 unspecified atom stereocenters. The first-order chi connectivity index (χ1) is 11.1. The van der Waals surface area contributed by atoms with Gasteiger partial charge in [0.15, 0.2) is 0 Å². The molecular formula is C17H20Cl2N4. The minimum atomic E-state index is 0.505. The lowest BCUT2D eigenvalue weighted by Crippen LogP contribution is -2.23. The van der Waals surface area contributed by atoms with Crippen molar-refractivity contribution in [1.29, 1.82) is 0 Å². The largest absolute Gasteiger partial charge is 0.367 e. The Kier molecular flexibility index (Phi) is 5.23. The molecule has 2 aromatic rings. The van der Waals surface area contributed by atoms with Crippen LogP contribution < -0.4 is 10.6 Å². The van der Waals surface area contributed by atoms with Gasteiger partial charge in [0.05, 0.1) is 10.0 Å². The van der Waals surface area contributed by atoms with Gasteiger partial charge < -0.3 is 10.6 Å². The van der Waals surface area contributed by atoms with E-state index in [4.69, 9.17) is 23.2 Å². The third kappa shape index (κ3) is 4.49. The highest BCUT2D eigenvalue weighted by Gasteiger charge is 2.14. The maximum absolute atomic E-state index is 6.05. The van der Waals surface area contributed by atoms with Gasteiger partial charge in [-0.1, -0.05) is 42.5 Å². The number of nitrogens with one attached hydrogen (secondary N) is 2. The van der Waals surface area contributed by atoms with E-state index in [0.717, 1.165) is 17.2 Å². The molecule has 0 radical (unpaired) electrons. The van der Waals surface area contributed by atoms with Crippen LogP contribution in [0.2, 0.25) is 10.0 Å². The van der Waals surface area contributed by atoms with Gasteiger partial charge in [-0.15, -0.1) is 0 Å². The van der Waals surface area contributed by atoms with Crippen molar-refractivity contribution in [2.24, 2.45) is 0 Å². The Bertz CT molecular complexity index is 684. The number of hydrogen-bond donors (Lipinski definition) is 2. The Balaban J connectivity index is 1.75. The number of aryl methyl sites for hydroxylation is 1. The summed E-state index contributed by atoms with van der Waals surface area (Å²) in [6.45, 7) is 1.97. The van der Waals surface area contributed by atoms with Crippen LogP contribution in [0.5, 0.6) is 0 Å². The Morgan fingerprint density at radius 1 is 1.00 bits per heavy atom. The minimum absolute atomic E-state index is 0.505. The van der Waals surface area contributed by atoms with Crippen LogP contribution >= 0.6 is 23.2 Å². The van der Waals surface area contributed by atoms with Crippen LogP contribution in [0.15, 0.2) is 24.3 Å². The quantitative estimate of drug-likeness (QED) is 0.755. The summed E-state index contributed by atoms with van der Waals surface area (Å²) in [4.78, 5) is 9.00. The first-order valence-corrected chi connectivity index (χ1v) is 8.70. The zero-order valence-electron chi connectivity index (χ0n) is 13.1. The lowest BCUT2D eigenvalue weighted by molar-refractivity contribution is 0.462. The smallest absolute Gasteiger partial charge is 0.229 e. The highest BCUT2D eigenvalue weighted by Crippen LogP contribution is 2.27. The maximum atomic E-state index is 6.05. The van der Waals surface area contributed by atoms with Gasteiger partial charge in [-0.3, -0.25) is 0 Å².